The molecule has 37 heavy (non-hydrogen) atoms. The van der Waals surface area contributed by atoms with Crippen LogP contribution in [-0.2, 0) is 13.0 Å². The lowest BCUT2D eigenvalue weighted by Gasteiger charge is -2.34. The summed E-state index contributed by atoms with van der Waals surface area (Å²) in [4.78, 5) is 35.1. The number of rotatable bonds is 7. The van der Waals surface area contributed by atoms with Crippen molar-refractivity contribution in [3.63, 3.8) is 0 Å². The van der Waals surface area contributed by atoms with Crippen LogP contribution in [0.5, 0.6) is 11.5 Å². The molecule has 0 unspecified atom stereocenters. The largest absolute Gasteiger partial charge is 0.454 e. The number of fused-ring (bicyclic) bond motifs is 2. The molecule has 1 fully saturated rings. The summed E-state index contributed by atoms with van der Waals surface area (Å²) in [6.45, 7) is 4.39. The SMILES string of the molecule is N#Cc1nc(CCCN2C(=O)c3ccccc3C2=O)oc1N1CCN(Cc2ccc3c(c2)OCO3)CC1. The second kappa shape index (κ2) is 9.59. The van der Waals surface area contributed by atoms with Crippen LogP contribution >= 0.6 is 0 Å². The van der Waals surface area contributed by atoms with Crippen molar-refractivity contribution in [3.05, 3.63) is 70.7 Å². The lowest BCUT2D eigenvalue weighted by Crippen LogP contribution is -2.46. The van der Waals surface area contributed by atoms with Crippen molar-refractivity contribution in [1.82, 2.24) is 14.8 Å². The van der Waals surface area contributed by atoms with Gasteiger partial charge in [0.15, 0.2) is 17.4 Å². The number of hydrogen-bond donors (Lipinski definition) is 0. The molecule has 10 heteroatoms. The minimum absolute atomic E-state index is 0.264. The van der Waals surface area contributed by atoms with E-state index < -0.39 is 0 Å². The van der Waals surface area contributed by atoms with E-state index in [1.165, 1.54) is 4.90 Å². The third-order valence-electron chi connectivity index (χ3n) is 6.91. The Morgan fingerprint density at radius 2 is 1.68 bits per heavy atom. The average Bonchev–Trinajstić information content (AvgIpc) is 3.62. The number of piperazine rings is 1. The highest BCUT2D eigenvalue weighted by Gasteiger charge is 2.34. The number of aromatic nitrogens is 1. The number of anilines is 1. The van der Waals surface area contributed by atoms with Gasteiger partial charge in [0, 0.05) is 45.7 Å². The number of hydrogen-bond acceptors (Lipinski definition) is 9. The van der Waals surface area contributed by atoms with Gasteiger partial charge in [0.05, 0.1) is 11.1 Å². The second-order valence-electron chi connectivity index (χ2n) is 9.24. The van der Waals surface area contributed by atoms with Gasteiger partial charge in [0.25, 0.3) is 11.8 Å². The van der Waals surface area contributed by atoms with Gasteiger partial charge in [-0.25, -0.2) is 4.98 Å². The van der Waals surface area contributed by atoms with Gasteiger partial charge < -0.3 is 18.8 Å². The lowest BCUT2D eigenvalue weighted by molar-refractivity contribution is 0.0651. The highest BCUT2D eigenvalue weighted by atomic mass is 16.7. The minimum atomic E-state index is -0.273. The van der Waals surface area contributed by atoms with Gasteiger partial charge in [-0.15, -0.1) is 0 Å². The van der Waals surface area contributed by atoms with E-state index in [4.69, 9.17) is 13.9 Å². The van der Waals surface area contributed by atoms with Crippen molar-refractivity contribution in [2.24, 2.45) is 0 Å². The Labute approximate surface area is 213 Å². The first-order valence-corrected chi connectivity index (χ1v) is 12.3. The highest BCUT2D eigenvalue weighted by Crippen LogP contribution is 2.33. The fraction of sp³-hybridized carbons (Fsp3) is 0.333. The number of imide groups is 1. The van der Waals surface area contributed by atoms with Crippen LogP contribution in [0.1, 0.15) is 44.3 Å². The van der Waals surface area contributed by atoms with Crippen LogP contribution < -0.4 is 14.4 Å². The van der Waals surface area contributed by atoms with E-state index in [0.29, 0.717) is 48.8 Å². The zero-order valence-corrected chi connectivity index (χ0v) is 20.2. The quantitative estimate of drug-likeness (QED) is 0.453. The molecule has 3 aromatic rings. The predicted octanol–water partition coefficient (Wildman–Crippen LogP) is 2.83. The van der Waals surface area contributed by atoms with Crippen molar-refractivity contribution < 1.29 is 23.5 Å². The molecule has 0 bridgehead atoms. The number of amides is 2. The third-order valence-corrected chi connectivity index (χ3v) is 6.91. The third kappa shape index (κ3) is 4.38. The number of benzene rings is 2. The monoisotopic (exact) mass is 499 g/mol. The fourth-order valence-electron chi connectivity index (χ4n) is 4.99. The van der Waals surface area contributed by atoms with Crippen molar-refractivity contribution in [3.8, 4) is 17.6 Å². The molecule has 0 atom stereocenters. The molecular weight excluding hydrogens is 474 g/mol. The van der Waals surface area contributed by atoms with Crippen LogP contribution in [0.3, 0.4) is 0 Å². The van der Waals surface area contributed by atoms with Crippen molar-refractivity contribution in [2.45, 2.75) is 19.4 Å². The van der Waals surface area contributed by atoms with Gasteiger partial charge in [-0.1, -0.05) is 18.2 Å². The molecule has 10 nitrogen and oxygen atoms in total. The summed E-state index contributed by atoms with van der Waals surface area (Å²) in [5.74, 6) is 1.94. The molecule has 4 heterocycles. The molecule has 3 aliphatic heterocycles. The molecule has 2 aromatic carbocycles. The number of nitrogens with zero attached hydrogens (tertiary/aromatic N) is 5. The van der Waals surface area contributed by atoms with E-state index in [-0.39, 0.29) is 30.8 Å². The molecule has 0 saturated carbocycles. The van der Waals surface area contributed by atoms with Crippen LogP contribution in [0.15, 0.2) is 46.9 Å². The summed E-state index contributed by atoms with van der Waals surface area (Å²) >= 11 is 0. The summed E-state index contributed by atoms with van der Waals surface area (Å²) in [6, 6.07) is 15.0. The molecule has 6 rings (SSSR count). The Bertz CT molecular complexity index is 1370. The standard InChI is InChI=1S/C27H25N5O5/c28-15-21-27(31-12-10-30(11-13-31)16-18-7-8-22-23(14-18)36-17-35-22)37-24(29-21)6-3-9-32-25(33)19-4-1-2-5-20(19)26(32)34/h1-2,4-5,7-8,14H,3,6,9-13,16-17H2. The normalized spacial score (nSPS) is 16.8. The maximum Gasteiger partial charge on any atom is 0.261 e. The summed E-state index contributed by atoms with van der Waals surface area (Å²) in [5.41, 5.74) is 2.31. The molecule has 188 valence electrons. The number of ether oxygens (including phenoxy) is 2. The van der Waals surface area contributed by atoms with Crippen LogP contribution in [0.25, 0.3) is 0 Å². The molecule has 1 aromatic heterocycles. The number of oxazole rings is 1. The molecule has 3 aliphatic rings. The minimum Gasteiger partial charge on any atom is -0.454 e. The van der Waals surface area contributed by atoms with E-state index in [0.717, 1.165) is 36.7 Å². The average molecular weight is 500 g/mol. The maximum atomic E-state index is 12.6. The Hall–Kier alpha value is -4.36. The first-order chi connectivity index (χ1) is 18.1. The van der Waals surface area contributed by atoms with Crippen LogP contribution in [0, 0.1) is 11.3 Å². The number of carbonyl (C=O) groups excluding carboxylic acids is 2. The molecular formula is C27H25N5O5. The molecule has 1 saturated heterocycles. The molecule has 0 aliphatic carbocycles. The van der Waals surface area contributed by atoms with Crippen molar-refractivity contribution in [1.29, 1.82) is 5.26 Å². The predicted molar refractivity (Wildman–Crippen MR) is 131 cm³/mol. The van der Waals surface area contributed by atoms with Gasteiger partial charge in [-0.05, 0) is 36.2 Å². The first kappa shape index (κ1) is 23.1. The Morgan fingerprint density at radius 3 is 2.41 bits per heavy atom. The highest BCUT2D eigenvalue weighted by molar-refractivity contribution is 6.21. The Balaban J connectivity index is 1.03. The maximum absolute atomic E-state index is 12.6. The van der Waals surface area contributed by atoms with Crippen molar-refractivity contribution in [2.75, 3.05) is 44.4 Å². The summed E-state index contributed by atoms with van der Waals surface area (Å²) in [7, 11) is 0. The van der Waals surface area contributed by atoms with Gasteiger partial charge in [0.1, 0.15) is 6.07 Å². The summed E-state index contributed by atoms with van der Waals surface area (Å²) < 4.78 is 16.8. The number of aryl methyl sites for hydroxylation is 1. The zero-order valence-electron chi connectivity index (χ0n) is 20.2. The van der Waals surface area contributed by atoms with E-state index in [2.05, 4.69) is 26.9 Å². The van der Waals surface area contributed by atoms with E-state index in [1.54, 1.807) is 24.3 Å². The van der Waals surface area contributed by atoms with Gasteiger partial charge >= 0.3 is 0 Å². The summed E-state index contributed by atoms with van der Waals surface area (Å²) in [6.07, 6.45) is 0.922. The van der Waals surface area contributed by atoms with Crippen molar-refractivity contribution >= 4 is 17.7 Å². The Kier molecular flexibility index (Phi) is 5.98. The molecule has 0 N–H and O–H groups in total. The molecule has 0 spiro atoms. The smallest absolute Gasteiger partial charge is 0.261 e. The van der Waals surface area contributed by atoms with E-state index in [1.807, 2.05) is 12.1 Å². The number of carbonyl (C=O) groups is 2. The second-order valence-corrected chi connectivity index (χ2v) is 9.24. The Morgan fingerprint density at radius 1 is 0.946 bits per heavy atom. The van der Waals surface area contributed by atoms with E-state index in [9.17, 15) is 14.9 Å². The topological polar surface area (TPSA) is 112 Å². The van der Waals surface area contributed by atoms with Crippen LogP contribution in [0.2, 0.25) is 0 Å². The molecule has 0 radical (unpaired) electrons. The van der Waals surface area contributed by atoms with Crippen LogP contribution in [-0.4, -0.2) is 66.1 Å². The first-order valence-electron chi connectivity index (χ1n) is 12.3. The van der Waals surface area contributed by atoms with E-state index >= 15 is 0 Å². The summed E-state index contributed by atoms with van der Waals surface area (Å²) in [5, 5.41) is 9.62. The van der Waals surface area contributed by atoms with Gasteiger partial charge in [-0.2, -0.15) is 5.26 Å². The van der Waals surface area contributed by atoms with Crippen LogP contribution in [0.4, 0.5) is 5.88 Å². The zero-order chi connectivity index (χ0) is 25.4. The van der Waals surface area contributed by atoms with Gasteiger partial charge in [0.2, 0.25) is 18.4 Å². The molecule has 2 amide bonds. The number of nitriles is 1. The van der Waals surface area contributed by atoms with Gasteiger partial charge in [-0.3, -0.25) is 19.4 Å². The lowest BCUT2D eigenvalue weighted by atomic mass is 10.1. The fourth-order valence-corrected chi connectivity index (χ4v) is 4.99.